The van der Waals surface area contributed by atoms with Crippen LogP contribution in [0.1, 0.15) is 74.1 Å². The third-order valence-corrected chi connectivity index (χ3v) is 8.42. The molecule has 2 atom stereocenters. The second-order valence-corrected chi connectivity index (χ2v) is 12.9. The minimum absolute atomic E-state index is 0.0629. The fraction of sp³-hybridized carbons (Fsp3) is 1.00. The highest BCUT2D eigenvalue weighted by atomic mass is 32.9. The van der Waals surface area contributed by atoms with Crippen LogP contribution in [0.4, 0.5) is 0 Å². The van der Waals surface area contributed by atoms with E-state index in [4.69, 9.17) is 20.9 Å². The first-order valence-corrected chi connectivity index (χ1v) is 11.4. The summed E-state index contributed by atoms with van der Waals surface area (Å²) in [6, 6.07) is 0. The molecule has 0 radical (unpaired) electrons. The van der Waals surface area contributed by atoms with Crippen LogP contribution in [0.5, 0.6) is 0 Å². The van der Waals surface area contributed by atoms with Gasteiger partial charge in [-0.05, 0) is 38.5 Å². The lowest BCUT2D eigenvalue weighted by atomic mass is 10.2. The maximum absolute atomic E-state index is 6.14. The van der Waals surface area contributed by atoms with Gasteiger partial charge in [0.1, 0.15) is 0 Å². The first kappa shape index (κ1) is 19.9. The summed E-state index contributed by atoms with van der Waals surface area (Å²) in [5.74, 6) is 0. The van der Waals surface area contributed by atoms with Gasteiger partial charge in [0.2, 0.25) is 5.69 Å². The molecular formula is C14H31O2PS2. The predicted molar refractivity (Wildman–Crippen MR) is 92.5 cm³/mol. The van der Waals surface area contributed by atoms with E-state index < -0.39 is 5.69 Å². The Morgan fingerprint density at radius 1 is 1.00 bits per heavy atom. The van der Waals surface area contributed by atoms with E-state index in [2.05, 4.69) is 48.5 Å². The zero-order chi connectivity index (χ0) is 15.1. The molecule has 0 N–H and O–H groups in total. The van der Waals surface area contributed by atoms with Gasteiger partial charge in [-0.25, -0.2) is 0 Å². The summed E-state index contributed by atoms with van der Waals surface area (Å²) in [7, 11) is 0. The summed E-state index contributed by atoms with van der Waals surface area (Å²) < 4.78 is 12.3. The maximum atomic E-state index is 6.14. The Morgan fingerprint density at radius 2 is 1.37 bits per heavy atom. The zero-order valence-corrected chi connectivity index (χ0v) is 16.1. The van der Waals surface area contributed by atoms with Gasteiger partial charge in [-0.3, -0.25) is 0 Å². The lowest BCUT2D eigenvalue weighted by Crippen LogP contribution is -2.15. The van der Waals surface area contributed by atoms with Gasteiger partial charge < -0.3 is 9.05 Å². The summed E-state index contributed by atoms with van der Waals surface area (Å²) in [5.41, 5.74) is -2.26. The van der Waals surface area contributed by atoms with E-state index in [1.807, 2.05) is 0 Å². The summed E-state index contributed by atoms with van der Waals surface area (Å²) in [4.78, 5) is 0. The number of rotatable bonds is 9. The molecule has 0 aliphatic carbocycles. The predicted octanol–water partition coefficient (Wildman–Crippen LogP) is 6.15. The van der Waals surface area contributed by atoms with Gasteiger partial charge in [0, 0.05) is 4.75 Å². The van der Waals surface area contributed by atoms with E-state index in [0.717, 1.165) is 25.7 Å². The molecule has 0 saturated heterocycles. The van der Waals surface area contributed by atoms with Crippen LogP contribution >= 0.6 is 17.1 Å². The second kappa shape index (κ2) is 9.04. The largest absolute Gasteiger partial charge is 0.319 e. The standard InChI is InChI=1S/C14H31O2PS2/c1-8-10-12(3)15-17(18,19-14(5,6)7)16-13(4)11-9-2/h12-13H,8-11H2,1-7H3. The fourth-order valence-electron chi connectivity index (χ4n) is 1.76. The van der Waals surface area contributed by atoms with E-state index in [0.29, 0.717) is 0 Å². The molecule has 2 nitrogen and oxygen atoms in total. The van der Waals surface area contributed by atoms with Crippen LogP contribution in [-0.2, 0) is 20.9 Å². The van der Waals surface area contributed by atoms with Crippen LogP contribution in [0.2, 0.25) is 0 Å². The van der Waals surface area contributed by atoms with Gasteiger partial charge in [-0.2, -0.15) is 0 Å². The van der Waals surface area contributed by atoms with Crippen LogP contribution in [0.3, 0.4) is 0 Å². The SMILES string of the molecule is CCCC(C)OP(=S)(OC(C)CCC)SC(C)(C)C. The van der Waals surface area contributed by atoms with Crippen molar-refractivity contribution in [2.24, 2.45) is 0 Å². The van der Waals surface area contributed by atoms with E-state index in [1.54, 1.807) is 11.4 Å². The Kier molecular flexibility index (Phi) is 9.48. The van der Waals surface area contributed by atoms with Crippen molar-refractivity contribution in [1.29, 1.82) is 0 Å². The Morgan fingerprint density at radius 3 is 1.63 bits per heavy atom. The molecule has 0 aliphatic rings. The maximum Gasteiger partial charge on any atom is 0.248 e. The Hall–Kier alpha value is 0.920. The van der Waals surface area contributed by atoms with Gasteiger partial charge in [0.15, 0.2) is 0 Å². The Labute approximate surface area is 129 Å². The Balaban J connectivity index is 4.76. The van der Waals surface area contributed by atoms with Crippen molar-refractivity contribution in [3.05, 3.63) is 0 Å². The molecule has 0 spiro atoms. The van der Waals surface area contributed by atoms with Crippen molar-refractivity contribution in [3.8, 4) is 0 Å². The summed E-state index contributed by atoms with van der Waals surface area (Å²) in [5, 5.41) is 0. The highest BCUT2D eigenvalue weighted by Gasteiger charge is 2.31. The number of hydrogen-bond acceptors (Lipinski definition) is 4. The van der Waals surface area contributed by atoms with E-state index in [-0.39, 0.29) is 17.0 Å². The molecule has 0 amide bonds. The minimum Gasteiger partial charge on any atom is -0.319 e. The molecule has 0 aliphatic heterocycles. The van der Waals surface area contributed by atoms with Crippen molar-refractivity contribution in [1.82, 2.24) is 0 Å². The average molecular weight is 327 g/mol. The average Bonchev–Trinajstić information content (AvgIpc) is 2.12. The van der Waals surface area contributed by atoms with Gasteiger partial charge in [-0.1, -0.05) is 58.8 Å². The van der Waals surface area contributed by atoms with E-state index in [1.165, 1.54) is 0 Å². The van der Waals surface area contributed by atoms with Gasteiger partial charge >= 0.3 is 0 Å². The van der Waals surface area contributed by atoms with Crippen LogP contribution in [0.25, 0.3) is 0 Å². The smallest absolute Gasteiger partial charge is 0.248 e. The van der Waals surface area contributed by atoms with Crippen molar-refractivity contribution in [2.45, 2.75) is 91.1 Å². The molecule has 0 aromatic rings. The quantitative estimate of drug-likeness (QED) is 0.473. The normalized spacial score (nSPS) is 18.9. The molecule has 0 bridgehead atoms. The summed E-state index contributed by atoms with van der Waals surface area (Å²) >= 11 is 7.45. The van der Waals surface area contributed by atoms with Crippen LogP contribution in [-0.4, -0.2) is 17.0 Å². The van der Waals surface area contributed by atoms with Crippen LogP contribution < -0.4 is 0 Å². The summed E-state index contributed by atoms with van der Waals surface area (Å²) in [6.07, 6.45) is 4.66. The second-order valence-electron chi connectivity index (χ2n) is 6.06. The fourth-order valence-corrected chi connectivity index (χ4v) is 9.71. The first-order valence-electron chi connectivity index (χ1n) is 7.29. The van der Waals surface area contributed by atoms with Crippen molar-refractivity contribution >= 4 is 28.9 Å². The molecule has 0 rings (SSSR count). The zero-order valence-electron chi connectivity index (χ0n) is 13.6. The molecule has 0 saturated carbocycles. The van der Waals surface area contributed by atoms with Crippen molar-refractivity contribution < 1.29 is 9.05 Å². The molecule has 0 fully saturated rings. The van der Waals surface area contributed by atoms with Gasteiger partial charge in [0.25, 0.3) is 0 Å². The lowest BCUT2D eigenvalue weighted by Gasteiger charge is -2.32. The van der Waals surface area contributed by atoms with Crippen LogP contribution in [0.15, 0.2) is 0 Å². The van der Waals surface area contributed by atoms with Crippen LogP contribution in [0, 0.1) is 0 Å². The van der Waals surface area contributed by atoms with Crippen molar-refractivity contribution in [3.63, 3.8) is 0 Å². The molecule has 0 aromatic heterocycles. The molecule has 0 heterocycles. The highest BCUT2D eigenvalue weighted by Crippen LogP contribution is 2.66. The first-order chi connectivity index (χ1) is 8.62. The third-order valence-electron chi connectivity index (χ3n) is 2.39. The monoisotopic (exact) mass is 326 g/mol. The molecule has 19 heavy (non-hydrogen) atoms. The lowest BCUT2D eigenvalue weighted by molar-refractivity contribution is 0.157. The molecular weight excluding hydrogens is 295 g/mol. The van der Waals surface area contributed by atoms with E-state index >= 15 is 0 Å². The highest BCUT2D eigenvalue weighted by molar-refractivity contribution is 8.68. The molecule has 2 unspecified atom stereocenters. The molecule has 0 aromatic carbocycles. The third kappa shape index (κ3) is 10.3. The van der Waals surface area contributed by atoms with Gasteiger partial charge in [-0.15, -0.1) is 0 Å². The number of hydrogen-bond donors (Lipinski definition) is 0. The Bertz CT molecular complexity index is 272. The van der Waals surface area contributed by atoms with Crippen molar-refractivity contribution in [2.75, 3.05) is 0 Å². The molecule has 5 heteroatoms. The summed E-state index contributed by atoms with van der Waals surface area (Å²) in [6.45, 7) is 15.0. The van der Waals surface area contributed by atoms with E-state index in [9.17, 15) is 0 Å². The topological polar surface area (TPSA) is 18.5 Å². The molecule has 116 valence electrons. The van der Waals surface area contributed by atoms with Gasteiger partial charge in [0.05, 0.1) is 12.2 Å². The minimum atomic E-state index is -2.26.